The number of nitrogens with zero attached hydrogens (tertiary/aromatic N) is 1. The number of carbonyl (C=O) groups is 1. The Morgan fingerprint density at radius 3 is 2.89 bits per heavy atom. The van der Waals surface area contributed by atoms with E-state index in [2.05, 4.69) is 15.5 Å². The van der Waals surface area contributed by atoms with Gasteiger partial charge in [0.2, 0.25) is 0 Å². The predicted octanol–water partition coefficient (Wildman–Crippen LogP) is 1.24. The standard InChI is InChI=1S/C13H16N4O2/c1-8-9(7-16-17-8)6-15-13(18)11-4-3-10(19-2)5-12(11)14/h3-5,7H,6,14H2,1-2H3,(H,15,18)(H,16,17). The van der Waals surface area contributed by atoms with Gasteiger partial charge in [0.15, 0.2) is 0 Å². The molecule has 0 unspecified atom stereocenters. The molecule has 0 aliphatic heterocycles. The molecule has 1 aromatic heterocycles. The summed E-state index contributed by atoms with van der Waals surface area (Å²) in [5.41, 5.74) is 8.52. The molecule has 0 fully saturated rings. The summed E-state index contributed by atoms with van der Waals surface area (Å²) in [6.07, 6.45) is 1.69. The lowest BCUT2D eigenvalue weighted by Crippen LogP contribution is -2.23. The number of aryl methyl sites for hydroxylation is 1. The van der Waals surface area contributed by atoms with Crippen molar-refractivity contribution in [2.24, 2.45) is 0 Å². The maximum Gasteiger partial charge on any atom is 0.253 e. The summed E-state index contributed by atoms with van der Waals surface area (Å²) in [5, 5.41) is 9.51. The van der Waals surface area contributed by atoms with Crippen LogP contribution in [0.5, 0.6) is 5.75 Å². The normalized spacial score (nSPS) is 10.2. The van der Waals surface area contributed by atoms with Crippen molar-refractivity contribution in [3.8, 4) is 5.75 Å². The quantitative estimate of drug-likeness (QED) is 0.721. The van der Waals surface area contributed by atoms with Gasteiger partial charge in [-0.05, 0) is 19.1 Å². The van der Waals surface area contributed by atoms with E-state index >= 15 is 0 Å². The molecule has 1 heterocycles. The summed E-state index contributed by atoms with van der Waals surface area (Å²) in [4.78, 5) is 12.0. The Kier molecular flexibility index (Phi) is 3.70. The zero-order valence-corrected chi connectivity index (χ0v) is 10.9. The van der Waals surface area contributed by atoms with Crippen LogP contribution < -0.4 is 15.8 Å². The number of benzene rings is 1. The molecule has 100 valence electrons. The third-order valence-corrected chi connectivity index (χ3v) is 2.88. The highest BCUT2D eigenvalue weighted by Gasteiger charge is 2.11. The molecule has 2 rings (SSSR count). The van der Waals surface area contributed by atoms with Crippen LogP contribution in [-0.4, -0.2) is 23.2 Å². The SMILES string of the molecule is COc1ccc(C(=O)NCc2cn[nH]c2C)c(N)c1. The van der Waals surface area contributed by atoms with Crippen LogP contribution in [0.4, 0.5) is 5.69 Å². The first-order valence-corrected chi connectivity index (χ1v) is 5.82. The van der Waals surface area contributed by atoms with Crippen LogP contribution in [0.1, 0.15) is 21.6 Å². The summed E-state index contributed by atoms with van der Waals surface area (Å²) in [6.45, 7) is 2.31. The molecule has 2 aromatic rings. The molecule has 0 bridgehead atoms. The van der Waals surface area contributed by atoms with Crippen molar-refractivity contribution >= 4 is 11.6 Å². The van der Waals surface area contributed by atoms with Crippen LogP contribution >= 0.6 is 0 Å². The maximum atomic E-state index is 12.0. The highest BCUT2D eigenvalue weighted by atomic mass is 16.5. The minimum Gasteiger partial charge on any atom is -0.497 e. The molecule has 0 aliphatic rings. The molecule has 4 N–H and O–H groups in total. The van der Waals surface area contributed by atoms with Crippen molar-refractivity contribution < 1.29 is 9.53 Å². The summed E-state index contributed by atoms with van der Waals surface area (Å²) in [5.74, 6) is 0.403. The van der Waals surface area contributed by atoms with E-state index in [1.807, 2.05) is 6.92 Å². The summed E-state index contributed by atoms with van der Waals surface area (Å²) < 4.78 is 5.04. The zero-order valence-electron chi connectivity index (χ0n) is 10.9. The molecule has 6 nitrogen and oxygen atoms in total. The third-order valence-electron chi connectivity index (χ3n) is 2.88. The molecular weight excluding hydrogens is 244 g/mol. The lowest BCUT2D eigenvalue weighted by Gasteiger charge is -2.08. The first-order valence-electron chi connectivity index (χ1n) is 5.82. The minimum absolute atomic E-state index is 0.222. The van der Waals surface area contributed by atoms with Gasteiger partial charge >= 0.3 is 0 Å². The number of rotatable bonds is 4. The first-order chi connectivity index (χ1) is 9.11. The number of nitrogen functional groups attached to an aromatic ring is 1. The number of carbonyl (C=O) groups excluding carboxylic acids is 1. The largest absolute Gasteiger partial charge is 0.497 e. The highest BCUT2D eigenvalue weighted by Crippen LogP contribution is 2.19. The molecule has 1 amide bonds. The molecule has 1 aromatic carbocycles. The monoisotopic (exact) mass is 260 g/mol. The third kappa shape index (κ3) is 2.85. The predicted molar refractivity (Wildman–Crippen MR) is 71.9 cm³/mol. The van der Waals surface area contributed by atoms with Crippen LogP contribution in [0.25, 0.3) is 0 Å². The average Bonchev–Trinajstić information content (AvgIpc) is 2.81. The number of H-pyrrole nitrogens is 1. The van der Waals surface area contributed by atoms with E-state index in [0.717, 1.165) is 11.3 Å². The van der Waals surface area contributed by atoms with Crippen molar-refractivity contribution in [1.29, 1.82) is 0 Å². The van der Waals surface area contributed by atoms with E-state index in [4.69, 9.17) is 10.5 Å². The number of amides is 1. The number of anilines is 1. The van der Waals surface area contributed by atoms with Gasteiger partial charge in [0.05, 0.1) is 18.9 Å². The Hall–Kier alpha value is -2.50. The van der Waals surface area contributed by atoms with Gasteiger partial charge in [-0.3, -0.25) is 9.89 Å². The number of hydrogen-bond acceptors (Lipinski definition) is 4. The second-order valence-corrected chi connectivity index (χ2v) is 4.16. The van der Waals surface area contributed by atoms with Crippen molar-refractivity contribution in [1.82, 2.24) is 15.5 Å². The number of aromatic amines is 1. The molecule has 0 saturated carbocycles. The Morgan fingerprint density at radius 1 is 1.53 bits per heavy atom. The minimum atomic E-state index is -0.222. The fraction of sp³-hybridized carbons (Fsp3) is 0.231. The highest BCUT2D eigenvalue weighted by molar-refractivity contribution is 5.99. The zero-order chi connectivity index (χ0) is 13.8. The number of aromatic nitrogens is 2. The molecule has 0 spiro atoms. The molecule has 0 aliphatic carbocycles. The number of hydrogen-bond donors (Lipinski definition) is 3. The summed E-state index contributed by atoms with van der Waals surface area (Å²) in [6, 6.07) is 4.97. The Bertz CT molecular complexity index is 592. The Labute approximate surface area is 111 Å². The second-order valence-electron chi connectivity index (χ2n) is 4.16. The van der Waals surface area contributed by atoms with Gasteiger partial charge in [0, 0.05) is 29.6 Å². The molecule has 6 heteroatoms. The van der Waals surface area contributed by atoms with E-state index in [9.17, 15) is 4.79 Å². The van der Waals surface area contributed by atoms with E-state index in [1.54, 1.807) is 31.5 Å². The van der Waals surface area contributed by atoms with E-state index in [0.29, 0.717) is 23.5 Å². The Balaban J connectivity index is 2.06. The van der Waals surface area contributed by atoms with Crippen molar-refractivity contribution in [3.63, 3.8) is 0 Å². The number of ether oxygens (including phenoxy) is 1. The van der Waals surface area contributed by atoms with Crippen molar-refractivity contribution in [2.75, 3.05) is 12.8 Å². The molecular formula is C13H16N4O2. The van der Waals surface area contributed by atoms with Crippen molar-refractivity contribution in [2.45, 2.75) is 13.5 Å². The number of nitrogens with one attached hydrogen (secondary N) is 2. The molecule has 0 saturated heterocycles. The smallest absolute Gasteiger partial charge is 0.253 e. The van der Waals surface area contributed by atoms with E-state index < -0.39 is 0 Å². The van der Waals surface area contributed by atoms with Gasteiger partial charge in [-0.2, -0.15) is 5.10 Å². The van der Waals surface area contributed by atoms with Gasteiger partial charge < -0.3 is 15.8 Å². The Morgan fingerprint density at radius 2 is 2.32 bits per heavy atom. The van der Waals surface area contributed by atoms with Gasteiger partial charge in [0.1, 0.15) is 5.75 Å². The fourth-order valence-corrected chi connectivity index (χ4v) is 1.70. The van der Waals surface area contributed by atoms with Crippen molar-refractivity contribution in [3.05, 3.63) is 41.2 Å². The maximum absolute atomic E-state index is 12.0. The van der Waals surface area contributed by atoms with Gasteiger partial charge in [-0.25, -0.2) is 0 Å². The number of methoxy groups -OCH3 is 1. The van der Waals surface area contributed by atoms with E-state index in [-0.39, 0.29) is 5.91 Å². The van der Waals surface area contributed by atoms with Crippen LogP contribution in [0, 0.1) is 6.92 Å². The van der Waals surface area contributed by atoms with E-state index in [1.165, 1.54) is 0 Å². The van der Waals surface area contributed by atoms with Gasteiger partial charge in [-0.15, -0.1) is 0 Å². The topological polar surface area (TPSA) is 93.0 Å². The molecule has 19 heavy (non-hydrogen) atoms. The lowest BCUT2D eigenvalue weighted by atomic mass is 10.1. The van der Waals surface area contributed by atoms with Crippen LogP contribution in [0.3, 0.4) is 0 Å². The van der Waals surface area contributed by atoms with Gasteiger partial charge in [-0.1, -0.05) is 0 Å². The van der Waals surface area contributed by atoms with Crippen LogP contribution in [0.15, 0.2) is 24.4 Å². The summed E-state index contributed by atoms with van der Waals surface area (Å²) >= 11 is 0. The number of nitrogens with two attached hydrogens (primary N) is 1. The summed E-state index contributed by atoms with van der Waals surface area (Å²) in [7, 11) is 1.55. The van der Waals surface area contributed by atoms with Crippen LogP contribution in [0.2, 0.25) is 0 Å². The fourth-order valence-electron chi connectivity index (χ4n) is 1.70. The lowest BCUT2D eigenvalue weighted by molar-refractivity contribution is 0.0952. The average molecular weight is 260 g/mol. The van der Waals surface area contributed by atoms with Gasteiger partial charge in [0.25, 0.3) is 5.91 Å². The second kappa shape index (κ2) is 5.43. The first kappa shape index (κ1) is 12.9. The van der Waals surface area contributed by atoms with Crippen LogP contribution in [-0.2, 0) is 6.54 Å². The molecule has 0 radical (unpaired) electrons. The molecule has 0 atom stereocenters.